The molecule has 0 atom stereocenters. The summed E-state index contributed by atoms with van der Waals surface area (Å²) in [5.74, 6) is 0. The maximum absolute atomic E-state index is 4.72. The van der Waals surface area contributed by atoms with Crippen molar-refractivity contribution >= 4 is 27.7 Å². The Morgan fingerprint density at radius 1 is 0.739 bits per heavy atom. The predicted molar refractivity (Wildman–Crippen MR) is 86.8 cm³/mol. The Balaban J connectivity index is 1.95. The standard InChI is InChI=1S/C17H10N6/c1-2-6-11(7-3-1)15-10-14-16(17-20-21-22-23(15)17)19-13-9-5-4-8-12(13)18-14/h1-10H. The smallest absolute Gasteiger partial charge is 0.207 e. The Bertz CT molecular complexity index is 1160. The second-order valence-corrected chi connectivity index (χ2v) is 5.26. The SMILES string of the molecule is c1ccc(-c2cc3nc4ccccc4nc3c3nnnn23)cc1. The van der Waals surface area contributed by atoms with Gasteiger partial charge in [0.05, 0.1) is 22.2 Å². The normalized spacial score (nSPS) is 11.5. The highest BCUT2D eigenvalue weighted by Gasteiger charge is 2.14. The molecule has 0 bridgehead atoms. The molecule has 0 fully saturated rings. The van der Waals surface area contributed by atoms with Crippen LogP contribution in [0.25, 0.3) is 39.0 Å². The number of nitrogens with zero attached hydrogens (tertiary/aromatic N) is 6. The molecule has 6 nitrogen and oxygen atoms in total. The second-order valence-electron chi connectivity index (χ2n) is 5.26. The van der Waals surface area contributed by atoms with Crippen LogP contribution in [0.4, 0.5) is 0 Å². The number of hydrogen-bond acceptors (Lipinski definition) is 5. The second kappa shape index (κ2) is 4.54. The van der Waals surface area contributed by atoms with E-state index in [0.717, 1.165) is 27.8 Å². The van der Waals surface area contributed by atoms with Crippen molar-refractivity contribution in [3.05, 3.63) is 60.7 Å². The number of benzene rings is 2. The van der Waals surface area contributed by atoms with Crippen LogP contribution in [0.1, 0.15) is 0 Å². The monoisotopic (exact) mass is 298 g/mol. The third-order valence-electron chi connectivity index (χ3n) is 3.85. The molecule has 5 aromatic rings. The van der Waals surface area contributed by atoms with Gasteiger partial charge in [-0.1, -0.05) is 42.5 Å². The van der Waals surface area contributed by atoms with Gasteiger partial charge in [-0.05, 0) is 28.6 Å². The number of hydrogen-bond donors (Lipinski definition) is 0. The number of pyridine rings is 1. The minimum atomic E-state index is 0.611. The molecule has 2 aromatic carbocycles. The molecule has 0 unspecified atom stereocenters. The first-order valence-electron chi connectivity index (χ1n) is 7.23. The molecule has 0 radical (unpaired) electrons. The average molecular weight is 298 g/mol. The lowest BCUT2D eigenvalue weighted by Crippen LogP contribution is -1.98. The Morgan fingerprint density at radius 3 is 2.30 bits per heavy atom. The lowest BCUT2D eigenvalue weighted by atomic mass is 10.1. The van der Waals surface area contributed by atoms with E-state index in [4.69, 9.17) is 4.98 Å². The molecule has 0 saturated heterocycles. The van der Waals surface area contributed by atoms with Crippen molar-refractivity contribution in [3.8, 4) is 11.3 Å². The van der Waals surface area contributed by atoms with Crippen LogP contribution in [0.2, 0.25) is 0 Å². The predicted octanol–water partition coefficient (Wildman–Crippen LogP) is 2.89. The van der Waals surface area contributed by atoms with Crippen LogP contribution in [0.3, 0.4) is 0 Å². The maximum atomic E-state index is 4.72. The molecule has 0 spiro atoms. The van der Waals surface area contributed by atoms with Crippen molar-refractivity contribution < 1.29 is 0 Å². The first-order valence-corrected chi connectivity index (χ1v) is 7.23. The summed E-state index contributed by atoms with van der Waals surface area (Å²) in [5.41, 5.74) is 5.70. The first kappa shape index (κ1) is 12.2. The molecule has 3 aromatic heterocycles. The third-order valence-corrected chi connectivity index (χ3v) is 3.85. The van der Waals surface area contributed by atoms with E-state index in [1.165, 1.54) is 0 Å². The van der Waals surface area contributed by atoms with Gasteiger partial charge < -0.3 is 0 Å². The molecule has 3 heterocycles. The summed E-state index contributed by atoms with van der Waals surface area (Å²) in [6, 6.07) is 19.8. The summed E-state index contributed by atoms with van der Waals surface area (Å²) < 4.78 is 1.71. The van der Waals surface area contributed by atoms with Crippen molar-refractivity contribution in [1.29, 1.82) is 0 Å². The van der Waals surface area contributed by atoms with E-state index in [1.807, 2.05) is 60.7 Å². The maximum Gasteiger partial charge on any atom is 0.207 e. The van der Waals surface area contributed by atoms with Gasteiger partial charge in [0.1, 0.15) is 5.52 Å². The molecule has 0 N–H and O–H groups in total. The zero-order valence-corrected chi connectivity index (χ0v) is 12.0. The summed E-state index contributed by atoms with van der Waals surface area (Å²) in [6.45, 7) is 0. The molecule has 0 amide bonds. The summed E-state index contributed by atoms with van der Waals surface area (Å²) in [4.78, 5) is 9.41. The van der Waals surface area contributed by atoms with Gasteiger partial charge in [0.25, 0.3) is 0 Å². The zero-order chi connectivity index (χ0) is 15.2. The van der Waals surface area contributed by atoms with Crippen LogP contribution >= 0.6 is 0 Å². The fourth-order valence-electron chi connectivity index (χ4n) is 2.78. The Hall–Kier alpha value is -3.41. The van der Waals surface area contributed by atoms with E-state index in [0.29, 0.717) is 11.2 Å². The van der Waals surface area contributed by atoms with Crippen LogP contribution in [-0.2, 0) is 0 Å². The van der Waals surface area contributed by atoms with E-state index in [1.54, 1.807) is 4.52 Å². The van der Waals surface area contributed by atoms with Gasteiger partial charge in [-0.15, -0.1) is 5.10 Å². The van der Waals surface area contributed by atoms with Gasteiger partial charge in [0.2, 0.25) is 5.65 Å². The van der Waals surface area contributed by atoms with Gasteiger partial charge in [-0.2, -0.15) is 4.52 Å². The van der Waals surface area contributed by atoms with Crippen LogP contribution in [0.15, 0.2) is 60.7 Å². The van der Waals surface area contributed by atoms with Crippen molar-refractivity contribution in [1.82, 2.24) is 30.0 Å². The summed E-state index contributed by atoms with van der Waals surface area (Å²) in [6.07, 6.45) is 0. The van der Waals surface area contributed by atoms with Crippen molar-refractivity contribution in [2.24, 2.45) is 0 Å². The highest BCUT2D eigenvalue weighted by molar-refractivity contribution is 5.95. The Kier molecular flexibility index (Phi) is 2.40. The molecular formula is C17H10N6. The number of para-hydroxylation sites is 2. The van der Waals surface area contributed by atoms with Crippen LogP contribution in [-0.4, -0.2) is 30.0 Å². The van der Waals surface area contributed by atoms with E-state index in [9.17, 15) is 0 Å². The molecule has 0 aliphatic heterocycles. The number of aromatic nitrogens is 6. The molecule has 23 heavy (non-hydrogen) atoms. The van der Waals surface area contributed by atoms with Crippen molar-refractivity contribution in [2.45, 2.75) is 0 Å². The number of rotatable bonds is 1. The fraction of sp³-hybridized carbons (Fsp3) is 0. The molecular weight excluding hydrogens is 288 g/mol. The molecule has 0 aliphatic rings. The number of fused-ring (bicyclic) bond motifs is 4. The van der Waals surface area contributed by atoms with Crippen LogP contribution in [0.5, 0.6) is 0 Å². The molecule has 0 aliphatic carbocycles. The largest absolute Gasteiger partial charge is 0.244 e. The Labute approximate surface area is 130 Å². The van der Waals surface area contributed by atoms with E-state index >= 15 is 0 Å². The molecule has 108 valence electrons. The first-order chi connectivity index (χ1) is 11.4. The van der Waals surface area contributed by atoms with Gasteiger partial charge in [0, 0.05) is 5.56 Å². The van der Waals surface area contributed by atoms with Crippen molar-refractivity contribution in [3.63, 3.8) is 0 Å². The molecule has 6 heteroatoms. The van der Waals surface area contributed by atoms with E-state index < -0.39 is 0 Å². The van der Waals surface area contributed by atoms with Gasteiger partial charge >= 0.3 is 0 Å². The Morgan fingerprint density at radius 2 is 1.48 bits per heavy atom. The van der Waals surface area contributed by atoms with Crippen LogP contribution in [0, 0.1) is 0 Å². The van der Waals surface area contributed by atoms with Gasteiger partial charge in [0.15, 0.2) is 0 Å². The highest BCUT2D eigenvalue weighted by Crippen LogP contribution is 2.26. The molecule has 5 rings (SSSR count). The zero-order valence-electron chi connectivity index (χ0n) is 12.0. The molecule has 0 saturated carbocycles. The van der Waals surface area contributed by atoms with Crippen molar-refractivity contribution in [2.75, 3.05) is 0 Å². The van der Waals surface area contributed by atoms with E-state index in [2.05, 4.69) is 20.5 Å². The van der Waals surface area contributed by atoms with E-state index in [-0.39, 0.29) is 0 Å². The minimum Gasteiger partial charge on any atom is -0.244 e. The quantitative estimate of drug-likeness (QED) is 0.445. The minimum absolute atomic E-state index is 0.611. The lowest BCUT2D eigenvalue weighted by molar-refractivity contribution is 0.828. The summed E-state index contributed by atoms with van der Waals surface area (Å²) in [7, 11) is 0. The summed E-state index contributed by atoms with van der Waals surface area (Å²) in [5, 5.41) is 12.1. The van der Waals surface area contributed by atoms with Gasteiger partial charge in [-0.3, -0.25) is 0 Å². The highest BCUT2D eigenvalue weighted by atomic mass is 15.5. The van der Waals surface area contributed by atoms with Gasteiger partial charge in [-0.25, -0.2) is 9.97 Å². The summed E-state index contributed by atoms with van der Waals surface area (Å²) >= 11 is 0. The van der Waals surface area contributed by atoms with Crippen LogP contribution < -0.4 is 0 Å². The average Bonchev–Trinajstić information content (AvgIpc) is 3.10. The third kappa shape index (κ3) is 1.78. The topological polar surface area (TPSA) is 68.9 Å². The number of tetrazole rings is 1. The fourth-order valence-corrected chi connectivity index (χ4v) is 2.78. The lowest BCUT2D eigenvalue weighted by Gasteiger charge is -2.07.